The van der Waals surface area contributed by atoms with Gasteiger partial charge in [-0.2, -0.15) is 5.10 Å². The minimum absolute atomic E-state index is 0.255. The largest absolute Gasteiger partial charge is 0.493 e. The van der Waals surface area contributed by atoms with Crippen LogP contribution in [0.25, 0.3) is 6.08 Å². The number of methoxy groups -OCH3 is 1. The predicted octanol–water partition coefficient (Wildman–Crippen LogP) is 3.58. The van der Waals surface area contributed by atoms with Crippen molar-refractivity contribution in [3.05, 3.63) is 66.1 Å². The van der Waals surface area contributed by atoms with Gasteiger partial charge in [0.2, 0.25) is 11.8 Å². The first kappa shape index (κ1) is 18.2. The van der Waals surface area contributed by atoms with Gasteiger partial charge in [-0.25, -0.2) is 4.98 Å². The van der Waals surface area contributed by atoms with Gasteiger partial charge in [0.15, 0.2) is 11.5 Å². The standard InChI is InChI=1S/C20H20N4O3/c1-14-4-7-17(18(10-14)26-3)27-20-9-6-16(12-21-20)23-19(25)8-5-15-11-22-24(2)13-15/h4-13H,1-3H3,(H,23,25)/b8-5-. The molecule has 0 aliphatic heterocycles. The SMILES string of the molecule is COc1cc(C)ccc1Oc1ccc(NC(=O)/C=C\c2cnn(C)c2)cn1. The Kier molecular flexibility index (Phi) is 5.51. The molecule has 3 aromatic rings. The summed E-state index contributed by atoms with van der Waals surface area (Å²) in [6.45, 7) is 1.98. The third-order valence-corrected chi connectivity index (χ3v) is 3.69. The Morgan fingerprint density at radius 3 is 2.70 bits per heavy atom. The first-order valence-corrected chi connectivity index (χ1v) is 8.30. The number of pyridine rings is 1. The molecule has 0 atom stereocenters. The molecule has 0 unspecified atom stereocenters. The molecular formula is C20H20N4O3. The monoisotopic (exact) mass is 364 g/mol. The van der Waals surface area contributed by atoms with Crippen molar-refractivity contribution >= 4 is 17.7 Å². The van der Waals surface area contributed by atoms with Crippen LogP contribution in [0.3, 0.4) is 0 Å². The van der Waals surface area contributed by atoms with Crippen LogP contribution < -0.4 is 14.8 Å². The molecular weight excluding hydrogens is 344 g/mol. The molecule has 138 valence electrons. The number of amides is 1. The van der Waals surface area contributed by atoms with Crippen LogP contribution in [0.5, 0.6) is 17.4 Å². The molecule has 0 saturated heterocycles. The summed E-state index contributed by atoms with van der Waals surface area (Å²) < 4.78 is 12.7. The molecule has 1 amide bonds. The van der Waals surface area contributed by atoms with Gasteiger partial charge in [0.05, 0.1) is 25.2 Å². The lowest BCUT2D eigenvalue weighted by Crippen LogP contribution is -2.07. The number of nitrogens with one attached hydrogen (secondary N) is 1. The quantitative estimate of drug-likeness (QED) is 0.677. The predicted molar refractivity (Wildman–Crippen MR) is 103 cm³/mol. The topological polar surface area (TPSA) is 78.3 Å². The molecule has 0 saturated carbocycles. The first-order valence-electron chi connectivity index (χ1n) is 8.30. The number of anilines is 1. The van der Waals surface area contributed by atoms with Crippen LogP contribution in [-0.4, -0.2) is 27.8 Å². The zero-order chi connectivity index (χ0) is 19.2. The molecule has 2 heterocycles. The fourth-order valence-corrected chi connectivity index (χ4v) is 2.37. The van der Waals surface area contributed by atoms with E-state index in [4.69, 9.17) is 9.47 Å². The number of aryl methyl sites for hydroxylation is 2. The van der Waals surface area contributed by atoms with Crippen molar-refractivity contribution in [1.29, 1.82) is 0 Å². The van der Waals surface area contributed by atoms with Crippen LogP contribution in [0, 0.1) is 6.92 Å². The van der Waals surface area contributed by atoms with Crippen molar-refractivity contribution in [3.63, 3.8) is 0 Å². The highest BCUT2D eigenvalue weighted by atomic mass is 16.5. The summed E-state index contributed by atoms with van der Waals surface area (Å²) in [5.74, 6) is 1.36. The van der Waals surface area contributed by atoms with Crippen LogP contribution in [0.15, 0.2) is 55.0 Å². The molecule has 1 N–H and O–H groups in total. The smallest absolute Gasteiger partial charge is 0.248 e. The third-order valence-electron chi connectivity index (χ3n) is 3.69. The van der Waals surface area contributed by atoms with Crippen molar-refractivity contribution in [3.8, 4) is 17.4 Å². The maximum absolute atomic E-state index is 12.0. The van der Waals surface area contributed by atoms with Gasteiger partial charge in [-0.3, -0.25) is 9.48 Å². The molecule has 0 fully saturated rings. The Balaban J connectivity index is 1.62. The Bertz CT molecular complexity index is 962. The van der Waals surface area contributed by atoms with Gasteiger partial charge in [-0.15, -0.1) is 0 Å². The summed E-state index contributed by atoms with van der Waals surface area (Å²) in [6, 6.07) is 9.05. The van der Waals surface area contributed by atoms with Crippen molar-refractivity contribution in [2.24, 2.45) is 7.05 Å². The second-order valence-corrected chi connectivity index (χ2v) is 5.91. The Morgan fingerprint density at radius 1 is 1.19 bits per heavy atom. The summed E-state index contributed by atoms with van der Waals surface area (Å²) in [7, 11) is 3.41. The van der Waals surface area contributed by atoms with Gasteiger partial charge >= 0.3 is 0 Å². The van der Waals surface area contributed by atoms with E-state index in [1.807, 2.05) is 38.4 Å². The van der Waals surface area contributed by atoms with Gasteiger partial charge in [-0.1, -0.05) is 6.07 Å². The van der Waals surface area contributed by atoms with Gasteiger partial charge in [0.25, 0.3) is 0 Å². The number of rotatable bonds is 6. The number of carbonyl (C=O) groups excluding carboxylic acids is 1. The van der Waals surface area contributed by atoms with E-state index in [1.54, 1.807) is 36.2 Å². The molecule has 1 aromatic carbocycles. The number of carbonyl (C=O) groups is 1. The highest BCUT2D eigenvalue weighted by molar-refractivity contribution is 6.01. The molecule has 3 rings (SSSR count). The molecule has 0 aliphatic carbocycles. The molecule has 0 aliphatic rings. The lowest BCUT2D eigenvalue weighted by atomic mass is 10.2. The zero-order valence-corrected chi connectivity index (χ0v) is 15.3. The average Bonchev–Trinajstić information content (AvgIpc) is 3.08. The van der Waals surface area contributed by atoms with Crippen LogP contribution in [0.4, 0.5) is 5.69 Å². The minimum atomic E-state index is -0.255. The first-order chi connectivity index (χ1) is 13.0. The van der Waals surface area contributed by atoms with Crippen molar-refractivity contribution in [2.75, 3.05) is 12.4 Å². The molecule has 0 radical (unpaired) electrons. The van der Waals surface area contributed by atoms with Gasteiger partial charge < -0.3 is 14.8 Å². The summed E-state index contributed by atoms with van der Waals surface area (Å²) in [5.41, 5.74) is 2.49. The van der Waals surface area contributed by atoms with Gasteiger partial charge in [0, 0.05) is 31.0 Å². The van der Waals surface area contributed by atoms with Gasteiger partial charge in [-0.05, 0) is 36.8 Å². The molecule has 2 aromatic heterocycles. The molecule has 7 heteroatoms. The highest BCUT2D eigenvalue weighted by Crippen LogP contribution is 2.31. The normalized spacial score (nSPS) is 10.8. The fraction of sp³-hybridized carbons (Fsp3) is 0.150. The van der Waals surface area contributed by atoms with Crippen LogP contribution in [-0.2, 0) is 11.8 Å². The Labute approximate surface area is 157 Å². The molecule has 0 spiro atoms. The number of nitrogens with zero attached hydrogens (tertiary/aromatic N) is 3. The van der Waals surface area contributed by atoms with E-state index >= 15 is 0 Å². The van der Waals surface area contributed by atoms with E-state index in [0.717, 1.165) is 11.1 Å². The summed E-state index contributed by atoms with van der Waals surface area (Å²) in [5, 5.41) is 6.78. The Morgan fingerprint density at radius 2 is 2.04 bits per heavy atom. The molecule has 27 heavy (non-hydrogen) atoms. The summed E-state index contributed by atoms with van der Waals surface area (Å²) >= 11 is 0. The Hall–Kier alpha value is -3.61. The average molecular weight is 364 g/mol. The lowest BCUT2D eigenvalue weighted by Gasteiger charge is -2.10. The van der Waals surface area contributed by atoms with Crippen molar-refractivity contribution < 1.29 is 14.3 Å². The number of hydrogen-bond acceptors (Lipinski definition) is 5. The second-order valence-electron chi connectivity index (χ2n) is 5.91. The van der Waals surface area contributed by atoms with E-state index in [-0.39, 0.29) is 5.91 Å². The second kappa shape index (κ2) is 8.18. The highest BCUT2D eigenvalue weighted by Gasteiger charge is 2.07. The molecule has 0 bridgehead atoms. The van der Waals surface area contributed by atoms with Gasteiger partial charge in [0.1, 0.15) is 0 Å². The summed E-state index contributed by atoms with van der Waals surface area (Å²) in [6.07, 6.45) is 8.16. The number of hydrogen-bond donors (Lipinski definition) is 1. The molecule has 7 nitrogen and oxygen atoms in total. The van der Waals surface area contributed by atoms with Crippen molar-refractivity contribution in [1.82, 2.24) is 14.8 Å². The number of benzene rings is 1. The van der Waals surface area contributed by atoms with E-state index in [0.29, 0.717) is 23.1 Å². The number of aromatic nitrogens is 3. The number of ether oxygens (including phenoxy) is 2. The maximum atomic E-state index is 12.0. The summed E-state index contributed by atoms with van der Waals surface area (Å²) in [4.78, 5) is 16.2. The van der Waals surface area contributed by atoms with Crippen molar-refractivity contribution in [2.45, 2.75) is 6.92 Å². The fourth-order valence-electron chi connectivity index (χ4n) is 2.37. The van der Waals surface area contributed by atoms with E-state index < -0.39 is 0 Å². The van der Waals surface area contributed by atoms with E-state index in [2.05, 4.69) is 15.4 Å². The zero-order valence-electron chi connectivity index (χ0n) is 15.3. The van der Waals surface area contributed by atoms with Crippen LogP contribution in [0.2, 0.25) is 0 Å². The third kappa shape index (κ3) is 4.94. The maximum Gasteiger partial charge on any atom is 0.248 e. The minimum Gasteiger partial charge on any atom is -0.493 e. The van der Waals surface area contributed by atoms with E-state index in [9.17, 15) is 4.79 Å². The lowest BCUT2D eigenvalue weighted by molar-refractivity contribution is -0.111. The van der Waals surface area contributed by atoms with Crippen LogP contribution in [0.1, 0.15) is 11.1 Å². The van der Waals surface area contributed by atoms with E-state index in [1.165, 1.54) is 12.3 Å². The van der Waals surface area contributed by atoms with Crippen LogP contribution >= 0.6 is 0 Å².